The lowest BCUT2D eigenvalue weighted by atomic mass is 9.83. The van der Waals surface area contributed by atoms with E-state index < -0.39 is 35.6 Å². The van der Waals surface area contributed by atoms with Crippen molar-refractivity contribution in [2.45, 2.75) is 70.4 Å². The fourth-order valence-corrected chi connectivity index (χ4v) is 6.61. The molecule has 12 heteroatoms. The van der Waals surface area contributed by atoms with E-state index in [0.717, 1.165) is 45.2 Å². The Balaban J connectivity index is 1.33. The smallest absolute Gasteiger partial charge is 0.255 e. The van der Waals surface area contributed by atoms with Gasteiger partial charge >= 0.3 is 0 Å². The monoisotopic (exact) mass is 663 g/mol. The van der Waals surface area contributed by atoms with Gasteiger partial charge in [-0.15, -0.1) is 0 Å². The number of piperazine rings is 1. The lowest BCUT2D eigenvalue weighted by Crippen LogP contribution is -2.55. The molecule has 258 valence electrons. The van der Waals surface area contributed by atoms with Crippen LogP contribution in [0.25, 0.3) is 11.0 Å². The van der Waals surface area contributed by atoms with Gasteiger partial charge in [0.2, 0.25) is 17.7 Å². The van der Waals surface area contributed by atoms with Crippen molar-refractivity contribution in [2.75, 3.05) is 45.7 Å². The molecule has 2 fully saturated rings. The summed E-state index contributed by atoms with van der Waals surface area (Å²) >= 11 is 0. The number of methoxy groups -OCH3 is 1. The molecule has 3 atom stereocenters. The second-order valence-corrected chi connectivity index (χ2v) is 12.9. The Kier molecular flexibility index (Phi) is 11.4. The van der Waals surface area contributed by atoms with Crippen LogP contribution in [0, 0.1) is 11.7 Å². The summed E-state index contributed by atoms with van der Waals surface area (Å²) in [4.78, 5) is 57.1. The number of amides is 4. The van der Waals surface area contributed by atoms with Crippen molar-refractivity contribution >= 4 is 40.3 Å². The zero-order valence-electron chi connectivity index (χ0n) is 28.1. The summed E-state index contributed by atoms with van der Waals surface area (Å²) in [6, 6.07) is 7.81. The highest BCUT2D eigenvalue weighted by Gasteiger charge is 2.34. The highest BCUT2D eigenvalue weighted by molar-refractivity contribution is 6.08. The largest absolute Gasteiger partial charge is 0.497 e. The zero-order chi connectivity index (χ0) is 34.4. The molecule has 3 aromatic rings. The Morgan fingerprint density at radius 2 is 1.73 bits per heavy atom. The van der Waals surface area contributed by atoms with Crippen LogP contribution in [0.4, 0.5) is 10.1 Å². The van der Waals surface area contributed by atoms with Gasteiger partial charge in [0.1, 0.15) is 35.5 Å². The lowest BCUT2D eigenvalue weighted by molar-refractivity contribution is -0.138. The number of furan rings is 1. The van der Waals surface area contributed by atoms with Crippen LogP contribution in [0.15, 0.2) is 47.1 Å². The molecule has 2 heterocycles. The van der Waals surface area contributed by atoms with Gasteiger partial charge in [0.25, 0.3) is 5.91 Å². The van der Waals surface area contributed by atoms with Crippen molar-refractivity contribution < 1.29 is 32.7 Å². The highest BCUT2D eigenvalue weighted by atomic mass is 19.1. The van der Waals surface area contributed by atoms with E-state index in [-0.39, 0.29) is 29.8 Å². The Labute approximate surface area is 280 Å². The third-order valence-corrected chi connectivity index (χ3v) is 9.71. The van der Waals surface area contributed by atoms with Crippen LogP contribution < -0.4 is 20.7 Å². The Morgan fingerprint density at radius 1 is 1.00 bits per heavy atom. The number of hydrogen-bond donors (Lipinski definition) is 3. The summed E-state index contributed by atoms with van der Waals surface area (Å²) < 4.78 is 26.5. The molecule has 0 spiro atoms. The SMILES string of the molecule is CCC(=O)N[C@@H](C(=O)N1CCN(C)CC1)[C@@H](C)c1ccc(NC(=O)[C@@H](NC(=O)c2coc3cc(OC)ccc23)C2CCCCC2)c(F)c1. The molecule has 1 aromatic heterocycles. The number of hydrogen-bond acceptors (Lipinski definition) is 7. The number of anilines is 1. The molecule has 11 nitrogen and oxygen atoms in total. The number of ether oxygens (including phenoxy) is 1. The molecule has 2 aliphatic rings. The van der Waals surface area contributed by atoms with Crippen LogP contribution >= 0.6 is 0 Å². The first kappa shape index (κ1) is 34.9. The van der Waals surface area contributed by atoms with Crippen molar-refractivity contribution in [2.24, 2.45) is 5.92 Å². The highest BCUT2D eigenvalue weighted by Crippen LogP contribution is 2.30. The summed E-state index contributed by atoms with van der Waals surface area (Å²) in [5.41, 5.74) is 1.25. The van der Waals surface area contributed by atoms with Crippen LogP contribution in [0.2, 0.25) is 0 Å². The molecule has 4 amide bonds. The van der Waals surface area contributed by atoms with Crippen LogP contribution in [0.5, 0.6) is 5.75 Å². The molecule has 1 aliphatic heterocycles. The van der Waals surface area contributed by atoms with Gasteiger partial charge in [0.15, 0.2) is 0 Å². The minimum atomic E-state index is -0.895. The van der Waals surface area contributed by atoms with E-state index in [4.69, 9.17) is 9.15 Å². The summed E-state index contributed by atoms with van der Waals surface area (Å²) in [7, 11) is 3.54. The fourth-order valence-electron chi connectivity index (χ4n) is 6.61. The number of carbonyl (C=O) groups is 4. The van der Waals surface area contributed by atoms with Crippen molar-refractivity contribution in [1.82, 2.24) is 20.4 Å². The number of nitrogens with zero attached hydrogens (tertiary/aromatic N) is 2. The number of rotatable bonds is 11. The van der Waals surface area contributed by atoms with Gasteiger partial charge in [-0.2, -0.15) is 0 Å². The second kappa shape index (κ2) is 15.6. The van der Waals surface area contributed by atoms with Gasteiger partial charge in [0.05, 0.1) is 18.4 Å². The van der Waals surface area contributed by atoms with Gasteiger partial charge in [0, 0.05) is 50.0 Å². The zero-order valence-corrected chi connectivity index (χ0v) is 28.1. The van der Waals surface area contributed by atoms with E-state index >= 15 is 4.39 Å². The van der Waals surface area contributed by atoms with Crippen molar-refractivity contribution in [1.29, 1.82) is 0 Å². The summed E-state index contributed by atoms with van der Waals surface area (Å²) in [6.45, 7) is 6.05. The molecule has 5 rings (SSSR count). The summed E-state index contributed by atoms with van der Waals surface area (Å²) in [5, 5.41) is 9.06. The summed E-state index contributed by atoms with van der Waals surface area (Å²) in [6.07, 6.45) is 6.00. The van der Waals surface area contributed by atoms with Gasteiger partial charge in [-0.3, -0.25) is 19.2 Å². The number of benzene rings is 2. The topological polar surface area (TPSA) is 133 Å². The molecule has 0 radical (unpaired) electrons. The van der Waals surface area contributed by atoms with Crippen LogP contribution in [0.3, 0.4) is 0 Å². The minimum Gasteiger partial charge on any atom is -0.497 e. The van der Waals surface area contributed by atoms with Crippen LogP contribution in [0.1, 0.15) is 74.2 Å². The summed E-state index contributed by atoms with van der Waals surface area (Å²) in [5.74, 6) is -2.18. The van der Waals surface area contributed by atoms with Crippen molar-refractivity contribution in [3.63, 3.8) is 0 Å². The number of carbonyl (C=O) groups excluding carboxylic acids is 4. The van der Waals surface area contributed by atoms with Crippen molar-refractivity contribution in [3.8, 4) is 5.75 Å². The average Bonchev–Trinajstić information content (AvgIpc) is 3.53. The quantitative estimate of drug-likeness (QED) is 0.272. The van der Waals surface area contributed by atoms with E-state index in [2.05, 4.69) is 20.9 Å². The van der Waals surface area contributed by atoms with E-state index in [1.807, 2.05) is 7.05 Å². The second-order valence-electron chi connectivity index (χ2n) is 12.9. The molecule has 3 N–H and O–H groups in total. The molecular weight excluding hydrogens is 617 g/mol. The predicted molar refractivity (Wildman–Crippen MR) is 180 cm³/mol. The maximum atomic E-state index is 15.7. The molecule has 1 aliphatic carbocycles. The Bertz CT molecular complexity index is 1630. The molecule has 48 heavy (non-hydrogen) atoms. The van der Waals surface area contributed by atoms with E-state index in [9.17, 15) is 19.2 Å². The van der Waals surface area contributed by atoms with E-state index in [1.165, 1.54) is 18.4 Å². The molecule has 0 bridgehead atoms. The van der Waals surface area contributed by atoms with Crippen LogP contribution in [-0.2, 0) is 14.4 Å². The third-order valence-electron chi connectivity index (χ3n) is 9.71. The number of halogens is 1. The molecular formula is C36H46FN5O6. The van der Waals surface area contributed by atoms with Gasteiger partial charge < -0.3 is 34.9 Å². The van der Waals surface area contributed by atoms with Gasteiger partial charge in [-0.25, -0.2) is 4.39 Å². The maximum absolute atomic E-state index is 15.7. The molecule has 0 unspecified atom stereocenters. The molecule has 2 aromatic carbocycles. The van der Waals surface area contributed by atoms with E-state index in [1.54, 1.807) is 50.1 Å². The van der Waals surface area contributed by atoms with E-state index in [0.29, 0.717) is 40.9 Å². The standard InChI is InChI=1S/C36H46FN5O6/c1-5-31(43)39-32(36(46)42-17-15-41(3)16-18-42)22(2)24-11-14-29(28(37)19-24)38-35(45)33(23-9-7-6-8-10-23)40-34(44)27-21-48-30-20-25(47-4)12-13-26(27)30/h11-14,19-23,32-33H,5-10,15-18H2,1-4H3,(H,38,45)(H,39,43)(H,40,44)/t22-,32+,33-/m0/s1. The van der Waals surface area contributed by atoms with Crippen LogP contribution in [-0.4, -0.2) is 85.8 Å². The lowest BCUT2D eigenvalue weighted by Gasteiger charge is -2.36. The molecule has 1 saturated carbocycles. The number of likely N-dealkylation sites (N-methyl/N-ethyl adjacent to an activating group) is 1. The minimum absolute atomic E-state index is 0.0357. The molecule has 1 saturated heterocycles. The first-order chi connectivity index (χ1) is 23.1. The Morgan fingerprint density at radius 3 is 2.40 bits per heavy atom. The fraction of sp³-hybridized carbons (Fsp3) is 0.500. The maximum Gasteiger partial charge on any atom is 0.255 e. The van der Waals surface area contributed by atoms with Gasteiger partial charge in [-0.05, 0) is 55.6 Å². The number of fused-ring (bicyclic) bond motifs is 1. The normalized spacial score (nSPS) is 17.7. The average molecular weight is 664 g/mol. The first-order valence-corrected chi connectivity index (χ1v) is 16.8. The Hall–Kier alpha value is -4.45. The van der Waals surface area contributed by atoms with Gasteiger partial charge in [-0.1, -0.05) is 39.2 Å². The number of nitrogens with one attached hydrogen (secondary N) is 3. The first-order valence-electron chi connectivity index (χ1n) is 16.8. The van der Waals surface area contributed by atoms with Crippen molar-refractivity contribution in [3.05, 3.63) is 59.6 Å². The predicted octanol–water partition coefficient (Wildman–Crippen LogP) is 4.67. The third kappa shape index (κ3) is 7.98.